The summed E-state index contributed by atoms with van der Waals surface area (Å²) in [6.45, 7) is 2.01. The third-order valence-electron chi connectivity index (χ3n) is 2.62. The van der Waals surface area contributed by atoms with Crippen LogP contribution >= 0.6 is 15.9 Å². The van der Waals surface area contributed by atoms with Crippen LogP contribution in [-0.4, -0.2) is 0 Å². The van der Waals surface area contributed by atoms with Gasteiger partial charge in [0.15, 0.2) is 0 Å². The zero-order chi connectivity index (χ0) is 12.3. The molecule has 0 radical (unpaired) electrons. The van der Waals surface area contributed by atoms with E-state index < -0.39 is 0 Å². The fourth-order valence-corrected chi connectivity index (χ4v) is 2.13. The number of hydrogen-bond acceptors (Lipinski definition) is 1. The zero-order valence-electron chi connectivity index (χ0n) is 9.45. The minimum absolute atomic E-state index is 0.0596. The van der Waals surface area contributed by atoms with Gasteiger partial charge in [-0.05, 0) is 40.5 Å². The van der Waals surface area contributed by atoms with Crippen LogP contribution in [0.3, 0.4) is 0 Å². The van der Waals surface area contributed by atoms with Crippen molar-refractivity contribution in [3.63, 3.8) is 0 Å². The van der Waals surface area contributed by atoms with Gasteiger partial charge in [-0.2, -0.15) is 0 Å². The summed E-state index contributed by atoms with van der Waals surface area (Å²) in [4.78, 5) is 0. The number of benzene rings is 2. The highest BCUT2D eigenvalue weighted by Gasteiger charge is 2.10. The fraction of sp³-hybridized carbons (Fsp3) is 0.143. The summed E-state index contributed by atoms with van der Waals surface area (Å²) in [6, 6.07) is 15.0. The quantitative estimate of drug-likeness (QED) is 0.860. The van der Waals surface area contributed by atoms with E-state index in [1.54, 1.807) is 6.07 Å². The second kappa shape index (κ2) is 5.32. The van der Waals surface area contributed by atoms with Crippen molar-refractivity contribution in [2.75, 3.05) is 5.32 Å². The Morgan fingerprint density at radius 1 is 1.06 bits per heavy atom. The van der Waals surface area contributed by atoms with Crippen LogP contribution in [0.5, 0.6) is 0 Å². The lowest BCUT2D eigenvalue weighted by atomic mass is 10.1. The smallest absolute Gasteiger partial charge is 0.147 e. The van der Waals surface area contributed by atoms with E-state index in [4.69, 9.17) is 0 Å². The second-order valence-corrected chi connectivity index (χ2v) is 4.73. The van der Waals surface area contributed by atoms with Crippen molar-refractivity contribution in [1.29, 1.82) is 0 Å². The number of para-hydroxylation sites is 1. The van der Waals surface area contributed by atoms with Crippen LogP contribution in [0.15, 0.2) is 53.0 Å². The highest BCUT2D eigenvalue weighted by Crippen LogP contribution is 2.28. The van der Waals surface area contributed by atoms with Crippen LogP contribution in [0.25, 0.3) is 0 Å². The Labute approximate surface area is 109 Å². The molecule has 0 aliphatic carbocycles. The van der Waals surface area contributed by atoms with Crippen molar-refractivity contribution >= 4 is 21.6 Å². The van der Waals surface area contributed by atoms with Gasteiger partial charge in [0.2, 0.25) is 0 Å². The molecule has 2 aromatic rings. The van der Waals surface area contributed by atoms with Crippen LogP contribution in [0, 0.1) is 5.82 Å². The Kier molecular flexibility index (Phi) is 3.79. The topological polar surface area (TPSA) is 12.0 Å². The Hall–Kier alpha value is -1.35. The molecule has 0 amide bonds. The predicted octanol–water partition coefficient (Wildman–Crippen LogP) is 4.76. The van der Waals surface area contributed by atoms with Crippen LogP contribution in [0.4, 0.5) is 10.1 Å². The van der Waals surface area contributed by atoms with E-state index in [1.807, 2.05) is 43.3 Å². The lowest BCUT2D eigenvalue weighted by molar-refractivity contribution is 0.626. The first-order chi connectivity index (χ1) is 8.18. The molecule has 2 rings (SSSR count). The SMILES string of the molecule is CC(Nc1c(F)cccc1Br)c1ccccc1. The molecule has 2 aromatic carbocycles. The minimum Gasteiger partial charge on any atom is -0.375 e. The van der Waals surface area contributed by atoms with Gasteiger partial charge in [0, 0.05) is 10.5 Å². The molecular weight excluding hydrogens is 281 g/mol. The minimum atomic E-state index is -0.248. The molecule has 1 N–H and O–H groups in total. The van der Waals surface area contributed by atoms with Crippen molar-refractivity contribution in [2.45, 2.75) is 13.0 Å². The van der Waals surface area contributed by atoms with Gasteiger partial charge in [0.25, 0.3) is 0 Å². The molecule has 88 valence electrons. The summed E-state index contributed by atoms with van der Waals surface area (Å²) >= 11 is 3.35. The van der Waals surface area contributed by atoms with Gasteiger partial charge >= 0.3 is 0 Å². The predicted molar refractivity (Wildman–Crippen MR) is 72.6 cm³/mol. The molecule has 0 spiro atoms. The molecule has 0 aromatic heterocycles. The molecule has 17 heavy (non-hydrogen) atoms. The van der Waals surface area contributed by atoms with Crippen molar-refractivity contribution in [1.82, 2.24) is 0 Å². The maximum absolute atomic E-state index is 13.6. The number of nitrogens with one attached hydrogen (secondary N) is 1. The van der Waals surface area contributed by atoms with Gasteiger partial charge in [0.1, 0.15) is 5.82 Å². The highest BCUT2D eigenvalue weighted by molar-refractivity contribution is 9.10. The van der Waals surface area contributed by atoms with E-state index in [1.165, 1.54) is 6.07 Å². The maximum atomic E-state index is 13.6. The van der Waals surface area contributed by atoms with Gasteiger partial charge in [0.05, 0.1) is 5.69 Å². The molecule has 1 unspecified atom stereocenters. The first-order valence-corrected chi connectivity index (χ1v) is 6.23. The summed E-state index contributed by atoms with van der Waals surface area (Å²) in [6.07, 6.45) is 0. The molecule has 0 fully saturated rings. The molecule has 0 aliphatic rings. The Morgan fingerprint density at radius 2 is 1.76 bits per heavy atom. The summed E-state index contributed by atoms with van der Waals surface area (Å²) in [5, 5.41) is 3.17. The van der Waals surface area contributed by atoms with Crippen LogP contribution in [-0.2, 0) is 0 Å². The van der Waals surface area contributed by atoms with Crippen molar-refractivity contribution in [3.8, 4) is 0 Å². The van der Waals surface area contributed by atoms with Crippen LogP contribution in [0.2, 0.25) is 0 Å². The number of hydrogen-bond donors (Lipinski definition) is 1. The van der Waals surface area contributed by atoms with Gasteiger partial charge in [-0.25, -0.2) is 4.39 Å². The first-order valence-electron chi connectivity index (χ1n) is 5.44. The van der Waals surface area contributed by atoms with Crippen LogP contribution < -0.4 is 5.32 Å². The summed E-state index contributed by atoms with van der Waals surface area (Å²) in [5.41, 5.74) is 1.63. The standard InChI is InChI=1S/C14H13BrFN/c1-10(11-6-3-2-4-7-11)17-14-12(15)8-5-9-13(14)16/h2-10,17H,1H3. The van der Waals surface area contributed by atoms with Gasteiger partial charge in [-0.3, -0.25) is 0 Å². The Bertz CT molecular complexity index is 479. The van der Waals surface area contributed by atoms with Crippen molar-refractivity contribution in [2.24, 2.45) is 0 Å². The van der Waals surface area contributed by atoms with Gasteiger partial charge in [-0.1, -0.05) is 36.4 Å². The van der Waals surface area contributed by atoms with E-state index in [0.29, 0.717) is 5.69 Å². The average Bonchev–Trinajstić information content (AvgIpc) is 2.35. The number of anilines is 1. The third kappa shape index (κ3) is 2.86. The normalized spacial score (nSPS) is 12.2. The third-order valence-corrected chi connectivity index (χ3v) is 3.28. The van der Waals surface area contributed by atoms with E-state index in [2.05, 4.69) is 21.2 Å². The van der Waals surface area contributed by atoms with E-state index >= 15 is 0 Å². The fourth-order valence-electron chi connectivity index (χ4n) is 1.68. The van der Waals surface area contributed by atoms with Crippen molar-refractivity contribution < 1.29 is 4.39 Å². The Morgan fingerprint density at radius 3 is 2.41 bits per heavy atom. The van der Waals surface area contributed by atoms with Gasteiger partial charge in [-0.15, -0.1) is 0 Å². The maximum Gasteiger partial charge on any atom is 0.147 e. The molecule has 1 nitrogen and oxygen atoms in total. The molecule has 0 saturated carbocycles. The zero-order valence-corrected chi connectivity index (χ0v) is 11.0. The van der Waals surface area contributed by atoms with E-state index in [9.17, 15) is 4.39 Å². The summed E-state index contributed by atoms with van der Waals surface area (Å²) in [7, 11) is 0. The second-order valence-electron chi connectivity index (χ2n) is 3.87. The molecule has 0 heterocycles. The lowest BCUT2D eigenvalue weighted by Crippen LogP contribution is -2.08. The molecule has 0 bridgehead atoms. The van der Waals surface area contributed by atoms with Crippen molar-refractivity contribution in [3.05, 3.63) is 64.4 Å². The number of halogens is 2. The van der Waals surface area contributed by atoms with Gasteiger partial charge < -0.3 is 5.32 Å². The lowest BCUT2D eigenvalue weighted by Gasteiger charge is -2.17. The Balaban J connectivity index is 2.22. The van der Waals surface area contributed by atoms with E-state index in [-0.39, 0.29) is 11.9 Å². The molecule has 0 saturated heterocycles. The summed E-state index contributed by atoms with van der Waals surface area (Å²) in [5.74, 6) is -0.248. The van der Waals surface area contributed by atoms with Crippen LogP contribution in [0.1, 0.15) is 18.5 Å². The average molecular weight is 294 g/mol. The highest BCUT2D eigenvalue weighted by atomic mass is 79.9. The number of rotatable bonds is 3. The molecular formula is C14H13BrFN. The molecule has 3 heteroatoms. The summed E-state index contributed by atoms with van der Waals surface area (Å²) < 4.78 is 14.4. The molecule has 0 aliphatic heterocycles. The first kappa shape index (κ1) is 12.1. The molecule has 1 atom stereocenters. The monoisotopic (exact) mass is 293 g/mol. The largest absolute Gasteiger partial charge is 0.375 e. The van der Waals surface area contributed by atoms with E-state index in [0.717, 1.165) is 10.0 Å².